The predicted molar refractivity (Wildman–Crippen MR) is 86.2 cm³/mol. The van der Waals surface area contributed by atoms with Gasteiger partial charge in [0.05, 0.1) is 5.69 Å². The van der Waals surface area contributed by atoms with Gasteiger partial charge in [0, 0.05) is 30.1 Å². The summed E-state index contributed by atoms with van der Waals surface area (Å²) in [5.41, 5.74) is 8.37. The van der Waals surface area contributed by atoms with Gasteiger partial charge in [-0.1, -0.05) is 6.42 Å². The molecule has 2 fully saturated rings. The maximum Gasteiger partial charge on any atom is 0.223 e. The van der Waals surface area contributed by atoms with Crippen LogP contribution in [0.3, 0.4) is 0 Å². The molecule has 1 amide bonds. The summed E-state index contributed by atoms with van der Waals surface area (Å²) in [7, 11) is 0. The third-order valence-corrected chi connectivity index (χ3v) is 5.45. The van der Waals surface area contributed by atoms with Crippen LogP contribution in [0.15, 0.2) is 6.07 Å². The molecule has 3 atom stereocenters. The molecule has 3 rings (SSSR count). The Hall–Kier alpha value is -1.36. The number of aromatic nitrogens is 2. The Bertz CT molecular complexity index is 512. The molecule has 4 N–H and O–H groups in total. The highest BCUT2D eigenvalue weighted by Crippen LogP contribution is 2.41. The van der Waals surface area contributed by atoms with Gasteiger partial charge >= 0.3 is 0 Å². The van der Waals surface area contributed by atoms with Crippen LogP contribution in [-0.4, -0.2) is 28.2 Å². The van der Waals surface area contributed by atoms with E-state index >= 15 is 0 Å². The van der Waals surface area contributed by atoms with Gasteiger partial charge in [-0.25, -0.2) is 0 Å². The zero-order valence-electron chi connectivity index (χ0n) is 13.6. The van der Waals surface area contributed by atoms with Crippen molar-refractivity contribution >= 4 is 5.91 Å². The average Bonchev–Trinajstić information content (AvgIpc) is 2.83. The second kappa shape index (κ2) is 6.41. The van der Waals surface area contributed by atoms with Crippen molar-refractivity contribution in [2.45, 2.75) is 64.5 Å². The average molecular weight is 304 g/mol. The number of H-pyrrole nitrogens is 1. The highest BCUT2D eigenvalue weighted by atomic mass is 16.1. The number of nitrogens with one attached hydrogen (secondary N) is 2. The summed E-state index contributed by atoms with van der Waals surface area (Å²) in [5.74, 6) is 1.46. The van der Waals surface area contributed by atoms with E-state index in [0.717, 1.165) is 30.7 Å². The first-order valence-electron chi connectivity index (χ1n) is 8.59. The predicted octanol–water partition coefficient (Wildman–Crippen LogP) is 1.92. The van der Waals surface area contributed by atoms with Gasteiger partial charge in [-0.15, -0.1) is 0 Å². The van der Waals surface area contributed by atoms with Crippen molar-refractivity contribution in [2.75, 3.05) is 0 Å². The number of carbonyl (C=O) groups excluding carboxylic acids is 1. The topological polar surface area (TPSA) is 83.8 Å². The second-order valence-electron chi connectivity index (χ2n) is 7.35. The zero-order valence-corrected chi connectivity index (χ0v) is 13.6. The Balaban J connectivity index is 1.53. The number of amides is 1. The summed E-state index contributed by atoms with van der Waals surface area (Å²) in [4.78, 5) is 12.6. The maximum absolute atomic E-state index is 12.6. The van der Waals surface area contributed by atoms with Crippen LogP contribution in [0.2, 0.25) is 0 Å². The van der Waals surface area contributed by atoms with E-state index in [-0.39, 0.29) is 17.9 Å². The first-order valence-corrected chi connectivity index (χ1v) is 8.59. The first kappa shape index (κ1) is 15.5. The van der Waals surface area contributed by atoms with Crippen molar-refractivity contribution in [3.63, 3.8) is 0 Å². The Morgan fingerprint density at radius 3 is 2.73 bits per heavy atom. The number of fused-ring (bicyclic) bond motifs is 2. The summed E-state index contributed by atoms with van der Waals surface area (Å²) >= 11 is 0. The van der Waals surface area contributed by atoms with Crippen LogP contribution < -0.4 is 11.1 Å². The standard InChI is InChI=1S/C17H28N4O/c1-10(6-15-7-11(2)20-21-15)19-17(22)14-8-12-4-3-5-13(9-14)16(12)18/h7,10,12-14,16H,3-6,8-9,18H2,1-2H3,(H,19,22)(H,20,21). The molecule has 1 aromatic heterocycles. The van der Waals surface area contributed by atoms with Crippen molar-refractivity contribution in [2.24, 2.45) is 23.5 Å². The zero-order chi connectivity index (χ0) is 15.7. The van der Waals surface area contributed by atoms with Crippen molar-refractivity contribution < 1.29 is 4.79 Å². The quantitative estimate of drug-likeness (QED) is 0.794. The lowest BCUT2D eigenvalue weighted by atomic mass is 9.65. The lowest BCUT2D eigenvalue weighted by molar-refractivity contribution is -0.128. The molecule has 2 bridgehead atoms. The summed E-state index contributed by atoms with van der Waals surface area (Å²) in [6, 6.07) is 2.47. The van der Waals surface area contributed by atoms with Crippen molar-refractivity contribution in [1.29, 1.82) is 0 Å². The van der Waals surface area contributed by atoms with Gasteiger partial charge in [0.15, 0.2) is 0 Å². The largest absolute Gasteiger partial charge is 0.353 e. The monoisotopic (exact) mass is 304 g/mol. The molecular formula is C17H28N4O. The molecule has 22 heavy (non-hydrogen) atoms. The van der Waals surface area contributed by atoms with Crippen molar-refractivity contribution in [1.82, 2.24) is 15.5 Å². The molecule has 2 aliphatic rings. The minimum absolute atomic E-state index is 0.116. The molecule has 2 aliphatic carbocycles. The van der Waals surface area contributed by atoms with E-state index < -0.39 is 0 Å². The third kappa shape index (κ3) is 3.35. The van der Waals surface area contributed by atoms with E-state index in [4.69, 9.17) is 5.73 Å². The highest BCUT2D eigenvalue weighted by molar-refractivity contribution is 5.79. The minimum atomic E-state index is 0.116. The van der Waals surface area contributed by atoms with E-state index in [1.165, 1.54) is 19.3 Å². The SMILES string of the molecule is Cc1cc(CC(C)NC(=O)C2CC3CCCC(C2)C3N)n[nH]1. The lowest BCUT2D eigenvalue weighted by Crippen LogP contribution is -2.50. The molecule has 0 spiro atoms. The Morgan fingerprint density at radius 1 is 1.45 bits per heavy atom. The van der Waals surface area contributed by atoms with Gasteiger partial charge in [0.2, 0.25) is 5.91 Å². The smallest absolute Gasteiger partial charge is 0.223 e. The van der Waals surface area contributed by atoms with Gasteiger partial charge in [-0.3, -0.25) is 9.89 Å². The summed E-state index contributed by atoms with van der Waals surface area (Å²) in [6.45, 7) is 4.04. The minimum Gasteiger partial charge on any atom is -0.353 e. The molecule has 1 heterocycles. The van der Waals surface area contributed by atoms with Gasteiger partial charge < -0.3 is 11.1 Å². The number of aromatic amines is 1. The van der Waals surface area contributed by atoms with E-state index in [1.54, 1.807) is 0 Å². The summed E-state index contributed by atoms with van der Waals surface area (Å²) < 4.78 is 0. The summed E-state index contributed by atoms with van der Waals surface area (Å²) in [6.07, 6.45) is 6.39. The van der Waals surface area contributed by atoms with Crippen LogP contribution in [0, 0.1) is 24.7 Å². The fourth-order valence-electron chi connectivity index (χ4n) is 4.31. The van der Waals surface area contributed by atoms with Gasteiger partial charge in [-0.05, 0) is 57.4 Å². The molecular weight excluding hydrogens is 276 g/mol. The van der Waals surface area contributed by atoms with Crippen LogP contribution in [0.1, 0.15) is 50.4 Å². The van der Waals surface area contributed by atoms with Gasteiger partial charge in [0.25, 0.3) is 0 Å². The molecule has 0 saturated heterocycles. The number of nitrogens with two attached hydrogens (primary N) is 1. The molecule has 5 heteroatoms. The van der Waals surface area contributed by atoms with E-state index in [1.807, 2.05) is 13.0 Å². The molecule has 0 radical (unpaired) electrons. The number of hydrogen-bond donors (Lipinski definition) is 3. The van der Waals surface area contributed by atoms with Crippen LogP contribution in [0.25, 0.3) is 0 Å². The molecule has 1 aromatic rings. The highest BCUT2D eigenvalue weighted by Gasteiger charge is 2.40. The number of hydrogen-bond acceptors (Lipinski definition) is 3. The van der Waals surface area contributed by atoms with E-state index in [0.29, 0.717) is 17.9 Å². The van der Waals surface area contributed by atoms with Gasteiger partial charge in [-0.2, -0.15) is 5.10 Å². The fourth-order valence-corrected chi connectivity index (χ4v) is 4.31. The fraction of sp³-hybridized carbons (Fsp3) is 0.765. The van der Waals surface area contributed by atoms with Crippen LogP contribution >= 0.6 is 0 Å². The summed E-state index contributed by atoms with van der Waals surface area (Å²) in [5, 5.41) is 10.4. The molecule has 2 saturated carbocycles. The Kier molecular flexibility index (Phi) is 4.52. The Labute approximate surface area is 132 Å². The molecule has 0 aromatic carbocycles. The van der Waals surface area contributed by atoms with Crippen LogP contribution in [-0.2, 0) is 11.2 Å². The van der Waals surface area contributed by atoms with E-state index in [2.05, 4.69) is 22.4 Å². The normalized spacial score (nSPS) is 32.5. The number of aryl methyl sites for hydroxylation is 1. The Morgan fingerprint density at radius 2 is 2.14 bits per heavy atom. The second-order valence-corrected chi connectivity index (χ2v) is 7.35. The lowest BCUT2D eigenvalue weighted by Gasteiger charge is -2.43. The molecule has 0 aliphatic heterocycles. The first-order chi connectivity index (χ1) is 10.5. The van der Waals surface area contributed by atoms with Crippen molar-refractivity contribution in [3.8, 4) is 0 Å². The number of rotatable bonds is 4. The molecule has 3 unspecified atom stereocenters. The van der Waals surface area contributed by atoms with Crippen LogP contribution in [0.5, 0.6) is 0 Å². The molecule has 5 nitrogen and oxygen atoms in total. The number of carbonyl (C=O) groups is 1. The van der Waals surface area contributed by atoms with Gasteiger partial charge in [0.1, 0.15) is 0 Å². The van der Waals surface area contributed by atoms with E-state index in [9.17, 15) is 4.79 Å². The maximum atomic E-state index is 12.6. The number of nitrogens with zero attached hydrogens (tertiary/aromatic N) is 1. The van der Waals surface area contributed by atoms with Crippen molar-refractivity contribution in [3.05, 3.63) is 17.5 Å². The molecule has 122 valence electrons. The third-order valence-electron chi connectivity index (χ3n) is 5.45. The van der Waals surface area contributed by atoms with Crippen LogP contribution in [0.4, 0.5) is 0 Å².